The van der Waals surface area contributed by atoms with Crippen LogP contribution in [0.25, 0.3) is 0 Å². The second kappa shape index (κ2) is 11.4. The van der Waals surface area contributed by atoms with Crippen molar-refractivity contribution >= 4 is 17.8 Å². The number of carboxylic acids is 1. The molecule has 0 bridgehead atoms. The highest BCUT2D eigenvalue weighted by Crippen LogP contribution is 2.28. The van der Waals surface area contributed by atoms with Gasteiger partial charge in [-0.2, -0.15) is 0 Å². The summed E-state index contributed by atoms with van der Waals surface area (Å²) in [5, 5.41) is 14.6. The predicted octanol–water partition coefficient (Wildman–Crippen LogP) is 3.19. The van der Waals surface area contributed by atoms with Gasteiger partial charge in [-0.1, -0.05) is 0 Å². The van der Waals surface area contributed by atoms with Crippen LogP contribution in [-0.4, -0.2) is 49.2 Å². The Morgan fingerprint density at radius 3 is 2.03 bits per heavy atom. The first-order valence-corrected chi connectivity index (χ1v) is 11.1. The molecule has 0 aliphatic heterocycles. The Kier molecular flexibility index (Phi) is 8.29. The van der Waals surface area contributed by atoms with Crippen molar-refractivity contribution in [2.75, 3.05) is 20.2 Å². The van der Waals surface area contributed by atoms with Crippen LogP contribution in [-0.2, 0) is 4.79 Å². The molecule has 0 radical (unpaired) electrons. The minimum absolute atomic E-state index is 0.00150. The number of rotatable bonds is 9. The quantitative estimate of drug-likeness (QED) is 0.502. The molecule has 0 unspecified atom stereocenters. The molecule has 33 heavy (non-hydrogen) atoms. The molecule has 0 heterocycles. The lowest BCUT2D eigenvalue weighted by Gasteiger charge is -2.26. The first kappa shape index (κ1) is 24.1. The third-order valence-electron chi connectivity index (χ3n) is 5.80. The third kappa shape index (κ3) is 6.71. The maximum absolute atomic E-state index is 12.3. The lowest BCUT2D eigenvalue weighted by Crippen LogP contribution is -2.34. The molecule has 1 aliphatic rings. The number of carboxylic acid groups (broad SMARTS) is 1. The summed E-state index contributed by atoms with van der Waals surface area (Å²) in [5.41, 5.74) is 1.90. The van der Waals surface area contributed by atoms with Crippen LogP contribution in [0, 0.1) is 12.8 Å². The summed E-state index contributed by atoms with van der Waals surface area (Å²) in [7, 11) is 1.58. The van der Waals surface area contributed by atoms with Gasteiger partial charge < -0.3 is 25.2 Å². The fourth-order valence-electron chi connectivity index (χ4n) is 3.88. The molecule has 1 fully saturated rings. The highest BCUT2D eigenvalue weighted by Gasteiger charge is 2.26. The standard InChI is InChI=1S/C25H30N2O6/c1-16-15-19(7-12-22(16)32-2)24(29)27-14-13-26-23(28)17-3-8-20(9-4-17)33-21-10-5-18(6-11-21)25(30)31/h3-4,7-9,12,15,18,21H,5-6,10-11,13-14H2,1-2H3,(H,26,28)(H,27,29)(H,30,31). The van der Waals surface area contributed by atoms with Gasteiger partial charge in [-0.05, 0) is 80.6 Å². The van der Waals surface area contributed by atoms with Gasteiger partial charge in [-0.15, -0.1) is 0 Å². The summed E-state index contributed by atoms with van der Waals surface area (Å²) >= 11 is 0. The Morgan fingerprint density at radius 2 is 1.48 bits per heavy atom. The second-order valence-corrected chi connectivity index (χ2v) is 8.15. The smallest absolute Gasteiger partial charge is 0.306 e. The molecule has 2 amide bonds. The van der Waals surface area contributed by atoms with E-state index in [0.29, 0.717) is 55.6 Å². The first-order valence-electron chi connectivity index (χ1n) is 11.1. The molecule has 8 nitrogen and oxygen atoms in total. The zero-order valence-corrected chi connectivity index (χ0v) is 18.9. The molecule has 0 aromatic heterocycles. The molecular formula is C25H30N2O6. The molecule has 3 rings (SSSR count). The molecule has 0 saturated heterocycles. The average molecular weight is 455 g/mol. The van der Waals surface area contributed by atoms with Crippen LogP contribution in [0.2, 0.25) is 0 Å². The highest BCUT2D eigenvalue weighted by atomic mass is 16.5. The van der Waals surface area contributed by atoms with E-state index in [1.807, 2.05) is 6.92 Å². The summed E-state index contributed by atoms with van der Waals surface area (Å²) < 4.78 is 11.1. The SMILES string of the molecule is COc1ccc(C(=O)NCCNC(=O)c2ccc(OC3CCC(C(=O)O)CC3)cc2)cc1C. The van der Waals surface area contributed by atoms with Gasteiger partial charge in [0, 0.05) is 24.2 Å². The van der Waals surface area contributed by atoms with Crippen molar-refractivity contribution in [3.63, 3.8) is 0 Å². The molecule has 0 atom stereocenters. The van der Waals surface area contributed by atoms with Crippen LogP contribution >= 0.6 is 0 Å². The molecule has 3 N–H and O–H groups in total. The molecule has 176 valence electrons. The molecular weight excluding hydrogens is 424 g/mol. The second-order valence-electron chi connectivity index (χ2n) is 8.15. The topological polar surface area (TPSA) is 114 Å². The van der Waals surface area contributed by atoms with E-state index in [0.717, 1.165) is 11.3 Å². The predicted molar refractivity (Wildman–Crippen MR) is 123 cm³/mol. The molecule has 2 aromatic carbocycles. The average Bonchev–Trinajstić information content (AvgIpc) is 2.82. The maximum Gasteiger partial charge on any atom is 0.306 e. The number of aliphatic carboxylic acids is 1. The van der Waals surface area contributed by atoms with Gasteiger partial charge in [0.15, 0.2) is 0 Å². The van der Waals surface area contributed by atoms with Crippen molar-refractivity contribution < 1.29 is 29.0 Å². The van der Waals surface area contributed by atoms with Gasteiger partial charge in [0.25, 0.3) is 11.8 Å². The first-order chi connectivity index (χ1) is 15.9. The van der Waals surface area contributed by atoms with Crippen molar-refractivity contribution in [3.8, 4) is 11.5 Å². The van der Waals surface area contributed by atoms with Crippen molar-refractivity contribution in [3.05, 3.63) is 59.2 Å². The van der Waals surface area contributed by atoms with Crippen molar-refractivity contribution in [1.29, 1.82) is 0 Å². The number of amides is 2. The Hall–Kier alpha value is -3.55. The summed E-state index contributed by atoms with van der Waals surface area (Å²) in [6.45, 7) is 2.47. The number of hydrogen-bond acceptors (Lipinski definition) is 5. The van der Waals surface area contributed by atoms with Gasteiger partial charge >= 0.3 is 5.97 Å². The summed E-state index contributed by atoms with van der Waals surface area (Å²) in [4.78, 5) is 35.6. The van der Waals surface area contributed by atoms with E-state index in [1.165, 1.54) is 0 Å². The van der Waals surface area contributed by atoms with Gasteiger partial charge in [-0.25, -0.2) is 0 Å². The number of benzene rings is 2. The lowest BCUT2D eigenvalue weighted by molar-refractivity contribution is -0.143. The van der Waals surface area contributed by atoms with Crippen LogP contribution in [0.3, 0.4) is 0 Å². The van der Waals surface area contributed by atoms with Crippen LogP contribution < -0.4 is 20.1 Å². The van der Waals surface area contributed by atoms with Crippen molar-refractivity contribution in [2.45, 2.75) is 38.7 Å². The minimum Gasteiger partial charge on any atom is -0.496 e. The molecule has 1 aliphatic carbocycles. The van der Waals surface area contributed by atoms with Gasteiger partial charge in [-0.3, -0.25) is 14.4 Å². The minimum atomic E-state index is -0.737. The number of aryl methyl sites for hydroxylation is 1. The van der Waals surface area contributed by atoms with E-state index < -0.39 is 5.97 Å². The Labute approximate surface area is 193 Å². The van der Waals surface area contributed by atoms with E-state index >= 15 is 0 Å². The fourth-order valence-corrected chi connectivity index (χ4v) is 3.88. The molecule has 0 spiro atoms. The van der Waals surface area contributed by atoms with Crippen molar-refractivity contribution in [2.24, 2.45) is 5.92 Å². The largest absolute Gasteiger partial charge is 0.496 e. The molecule has 8 heteroatoms. The molecule has 1 saturated carbocycles. The van der Waals surface area contributed by atoms with Crippen molar-refractivity contribution in [1.82, 2.24) is 10.6 Å². The maximum atomic E-state index is 12.3. The Bertz CT molecular complexity index is 981. The number of hydrogen-bond donors (Lipinski definition) is 3. The van der Waals surface area contributed by atoms with E-state index in [1.54, 1.807) is 49.6 Å². The number of nitrogens with one attached hydrogen (secondary N) is 2. The van der Waals surface area contributed by atoms with Crippen LogP contribution in [0.1, 0.15) is 52.0 Å². The third-order valence-corrected chi connectivity index (χ3v) is 5.80. The van der Waals surface area contributed by atoms with Crippen LogP contribution in [0.5, 0.6) is 11.5 Å². The number of carbonyl (C=O) groups excluding carboxylic acids is 2. The zero-order chi connectivity index (χ0) is 23.8. The molecule has 2 aromatic rings. The number of ether oxygens (including phenoxy) is 2. The summed E-state index contributed by atoms with van der Waals surface area (Å²) in [5.74, 6) is -0.0830. The zero-order valence-electron chi connectivity index (χ0n) is 18.9. The Balaban J connectivity index is 1.39. The van der Waals surface area contributed by atoms with Crippen LogP contribution in [0.15, 0.2) is 42.5 Å². The van der Waals surface area contributed by atoms with Gasteiger partial charge in [0.1, 0.15) is 11.5 Å². The fraction of sp³-hybridized carbons (Fsp3) is 0.400. The summed E-state index contributed by atoms with van der Waals surface area (Å²) in [6.07, 6.45) is 2.66. The monoisotopic (exact) mass is 454 g/mol. The van der Waals surface area contributed by atoms with E-state index in [2.05, 4.69) is 10.6 Å². The Morgan fingerprint density at radius 1 is 0.909 bits per heavy atom. The lowest BCUT2D eigenvalue weighted by atomic mass is 9.87. The van der Waals surface area contributed by atoms with Gasteiger partial charge in [0.05, 0.1) is 19.1 Å². The summed E-state index contributed by atoms with van der Waals surface area (Å²) in [6, 6.07) is 12.1. The van der Waals surface area contributed by atoms with Crippen LogP contribution in [0.4, 0.5) is 0 Å². The normalized spacial score (nSPS) is 17.6. The van der Waals surface area contributed by atoms with E-state index in [9.17, 15) is 14.4 Å². The van der Waals surface area contributed by atoms with E-state index in [4.69, 9.17) is 14.6 Å². The van der Waals surface area contributed by atoms with E-state index in [-0.39, 0.29) is 23.8 Å². The number of methoxy groups -OCH3 is 1. The highest BCUT2D eigenvalue weighted by molar-refractivity contribution is 5.95. The van der Waals surface area contributed by atoms with Gasteiger partial charge in [0.2, 0.25) is 0 Å². The number of carbonyl (C=O) groups is 3.